The van der Waals surface area contributed by atoms with Crippen LogP contribution in [0.1, 0.15) is 33.1 Å². The Morgan fingerprint density at radius 1 is 1.10 bits per heavy atom. The molecule has 2 saturated carbocycles. The number of anilines is 1. The predicted octanol–water partition coefficient (Wildman–Crippen LogP) is 2.88. The van der Waals surface area contributed by atoms with Crippen molar-refractivity contribution < 1.29 is 23.9 Å². The highest BCUT2D eigenvalue weighted by molar-refractivity contribution is 6.30. The second-order valence-corrected chi connectivity index (χ2v) is 9.22. The van der Waals surface area contributed by atoms with Gasteiger partial charge in [-0.05, 0) is 61.3 Å². The number of rotatable bonds is 6. The van der Waals surface area contributed by atoms with E-state index in [1.54, 1.807) is 38.1 Å². The third-order valence-electron chi connectivity index (χ3n) is 6.59. The Morgan fingerprint density at radius 3 is 2.20 bits per heavy atom. The maximum atomic E-state index is 13.1. The zero-order valence-electron chi connectivity index (χ0n) is 17.0. The van der Waals surface area contributed by atoms with Crippen molar-refractivity contribution in [3.05, 3.63) is 29.3 Å². The molecule has 4 rings (SSSR count). The van der Waals surface area contributed by atoms with Crippen LogP contribution < -0.4 is 5.32 Å². The Kier molecular flexibility index (Phi) is 5.57. The van der Waals surface area contributed by atoms with Crippen LogP contribution in [0.25, 0.3) is 0 Å². The minimum Gasteiger partial charge on any atom is -0.454 e. The number of amides is 3. The Balaban J connectivity index is 1.41. The summed E-state index contributed by atoms with van der Waals surface area (Å²) in [6, 6.07) is 5.51. The quantitative estimate of drug-likeness (QED) is 0.551. The minimum absolute atomic E-state index is 0.246. The molecular formula is C22H25ClN2O5. The summed E-state index contributed by atoms with van der Waals surface area (Å²) in [6.07, 6.45) is 2.88. The summed E-state index contributed by atoms with van der Waals surface area (Å²) in [4.78, 5) is 52.2. The van der Waals surface area contributed by atoms with Gasteiger partial charge in [-0.25, -0.2) is 4.79 Å². The van der Waals surface area contributed by atoms with Crippen molar-refractivity contribution in [1.82, 2.24) is 4.90 Å². The lowest BCUT2D eigenvalue weighted by Gasteiger charge is -2.28. The van der Waals surface area contributed by atoms with Crippen molar-refractivity contribution in [2.24, 2.45) is 29.6 Å². The van der Waals surface area contributed by atoms with Gasteiger partial charge in [0.2, 0.25) is 11.8 Å². The van der Waals surface area contributed by atoms with E-state index in [2.05, 4.69) is 5.32 Å². The molecule has 3 amide bonds. The van der Waals surface area contributed by atoms with Gasteiger partial charge in [0.15, 0.2) is 6.61 Å². The fourth-order valence-electron chi connectivity index (χ4n) is 5.33. The Hall–Kier alpha value is -2.41. The highest BCUT2D eigenvalue weighted by Gasteiger charge is 2.62. The number of nitrogens with one attached hydrogen (secondary N) is 1. The molecule has 2 aliphatic carbocycles. The third kappa shape index (κ3) is 3.60. The van der Waals surface area contributed by atoms with Crippen molar-refractivity contribution in [2.45, 2.75) is 39.2 Å². The van der Waals surface area contributed by atoms with Crippen molar-refractivity contribution in [3.8, 4) is 0 Å². The molecule has 1 aromatic carbocycles. The minimum atomic E-state index is -1.02. The standard InChI is InChI=1S/C22H25ClN2O5/c1-11(2)19(22(29)30-10-16(26)24-15-7-5-14(23)6-8-15)25-20(27)17-12-3-4-13(9-12)18(17)21(25)28/h5-8,11-13,17-19H,3-4,9-10H2,1-2H3,(H,24,26)/t12-,13-,17-,18+,19+/m0/s1. The summed E-state index contributed by atoms with van der Waals surface area (Å²) in [5, 5.41) is 3.15. The molecule has 1 heterocycles. The monoisotopic (exact) mass is 432 g/mol. The number of hydrogen-bond acceptors (Lipinski definition) is 5. The fraction of sp³-hybridized carbons (Fsp3) is 0.545. The highest BCUT2D eigenvalue weighted by atomic mass is 35.5. The van der Waals surface area contributed by atoms with Gasteiger partial charge in [0.1, 0.15) is 6.04 Å². The SMILES string of the molecule is CC(C)[C@H](C(=O)OCC(=O)Nc1ccc(Cl)cc1)N1C(=O)[C@@H]2[C@H]3CC[C@@H](C3)[C@@H]2C1=O. The van der Waals surface area contributed by atoms with Gasteiger partial charge in [-0.1, -0.05) is 25.4 Å². The molecule has 7 nitrogen and oxygen atoms in total. The number of benzene rings is 1. The van der Waals surface area contributed by atoms with Crippen molar-refractivity contribution in [2.75, 3.05) is 11.9 Å². The molecule has 30 heavy (non-hydrogen) atoms. The molecule has 1 N–H and O–H groups in total. The summed E-state index contributed by atoms with van der Waals surface area (Å²) in [6.45, 7) is 3.03. The van der Waals surface area contributed by atoms with Crippen molar-refractivity contribution >= 4 is 41.0 Å². The average molecular weight is 433 g/mol. The van der Waals surface area contributed by atoms with Gasteiger partial charge in [0.25, 0.3) is 5.91 Å². The number of hydrogen-bond donors (Lipinski definition) is 1. The van der Waals surface area contributed by atoms with Crippen LogP contribution in [0.5, 0.6) is 0 Å². The molecular weight excluding hydrogens is 408 g/mol. The molecule has 160 valence electrons. The van der Waals surface area contributed by atoms with Gasteiger partial charge in [-0.3, -0.25) is 19.3 Å². The first kappa shape index (κ1) is 20.8. The second kappa shape index (κ2) is 8.02. The van der Waals surface area contributed by atoms with Crippen LogP contribution in [-0.2, 0) is 23.9 Å². The number of halogens is 1. The van der Waals surface area contributed by atoms with Crippen LogP contribution in [0.3, 0.4) is 0 Å². The first-order valence-electron chi connectivity index (χ1n) is 10.4. The smallest absolute Gasteiger partial charge is 0.330 e. The number of fused-ring (bicyclic) bond motifs is 5. The van der Waals surface area contributed by atoms with Crippen LogP contribution in [0.15, 0.2) is 24.3 Å². The van der Waals surface area contributed by atoms with E-state index in [1.807, 2.05) is 0 Å². The van der Waals surface area contributed by atoms with Crippen LogP contribution in [-0.4, -0.2) is 41.2 Å². The van der Waals surface area contributed by atoms with E-state index in [0.717, 1.165) is 24.2 Å². The highest BCUT2D eigenvalue weighted by Crippen LogP contribution is 2.56. The normalized spacial score (nSPS) is 28.1. The summed E-state index contributed by atoms with van der Waals surface area (Å²) >= 11 is 5.82. The summed E-state index contributed by atoms with van der Waals surface area (Å²) in [5.41, 5.74) is 0.522. The maximum Gasteiger partial charge on any atom is 0.330 e. The molecule has 0 unspecified atom stereocenters. The molecule has 0 aromatic heterocycles. The number of ether oxygens (including phenoxy) is 1. The lowest BCUT2D eigenvalue weighted by molar-refractivity contribution is -0.162. The van der Waals surface area contributed by atoms with E-state index in [-0.39, 0.29) is 41.4 Å². The molecule has 0 radical (unpaired) electrons. The molecule has 1 saturated heterocycles. The van der Waals surface area contributed by atoms with E-state index >= 15 is 0 Å². The number of likely N-dealkylation sites (tertiary alicyclic amines) is 1. The first-order valence-corrected chi connectivity index (χ1v) is 10.7. The number of esters is 1. The summed E-state index contributed by atoms with van der Waals surface area (Å²) < 4.78 is 5.20. The average Bonchev–Trinajstić information content (AvgIpc) is 3.38. The van der Waals surface area contributed by atoms with Crippen LogP contribution in [0.2, 0.25) is 5.02 Å². The van der Waals surface area contributed by atoms with Gasteiger partial charge < -0.3 is 10.1 Å². The summed E-state index contributed by atoms with van der Waals surface area (Å²) in [7, 11) is 0. The van der Waals surface area contributed by atoms with Crippen molar-refractivity contribution in [1.29, 1.82) is 0 Å². The van der Waals surface area contributed by atoms with E-state index in [4.69, 9.17) is 16.3 Å². The molecule has 1 aliphatic heterocycles. The molecule has 3 aliphatic rings. The molecule has 5 atom stereocenters. The van der Waals surface area contributed by atoms with Gasteiger partial charge in [-0.15, -0.1) is 0 Å². The molecule has 1 aromatic rings. The van der Waals surface area contributed by atoms with Crippen LogP contribution in [0.4, 0.5) is 5.69 Å². The van der Waals surface area contributed by atoms with Gasteiger partial charge in [-0.2, -0.15) is 0 Å². The second-order valence-electron chi connectivity index (χ2n) is 8.78. The van der Waals surface area contributed by atoms with E-state index in [1.165, 1.54) is 0 Å². The number of carbonyl (C=O) groups is 4. The number of imide groups is 1. The van der Waals surface area contributed by atoms with Gasteiger partial charge >= 0.3 is 5.97 Å². The van der Waals surface area contributed by atoms with Gasteiger partial charge in [0.05, 0.1) is 11.8 Å². The lowest BCUT2D eigenvalue weighted by atomic mass is 9.81. The molecule has 2 bridgehead atoms. The van der Waals surface area contributed by atoms with E-state index in [9.17, 15) is 19.2 Å². The topological polar surface area (TPSA) is 92.8 Å². The number of nitrogens with zero attached hydrogens (tertiary/aromatic N) is 1. The molecule has 0 spiro atoms. The van der Waals surface area contributed by atoms with Crippen LogP contribution in [0, 0.1) is 29.6 Å². The fourth-order valence-corrected chi connectivity index (χ4v) is 5.46. The zero-order chi connectivity index (χ0) is 21.6. The first-order chi connectivity index (χ1) is 14.3. The van der Waals surface area contributed by atoms with Crippen molar-refractivity contribution in [3.63, 3.8) is 0 Å². The largest absolute Gasteiger partial charge is 0.454 e. The molecule has 3 fully saturated rings. The Labute approximate surface area is 180 Å². The lowest BCUT2D eigenvalue weighted by Crippen LogP contribution is -2.50. The van der Waals surface area contributed by atoms with E-state index in [0.29, 0.717) is 10.7 Å². The maximum absolute atomic E-state index is 13.1. The third-order valence-corrected chi connectivity index (χ3v) is 6.84. The Bertz CT molecular complexity index is 856. The van der Waals surface area contributed by atoms with Crippen LogP contribution >= 0.6 is 11.6 Å². The predicted molar refractivity (Wildman–Crippen MR) is 109 cm³/mol. The molecule has 8 heteroatoms. The zero-order valence-corrected chi connectivity index (χ0v) is 17.7. The number of carbonyl (C=O) groups excluding carboxylic acids is 4. The van der Waals surface area contributed by atoms with E-state index < -0.39 is 24.5 Å². The Morgan fingerprint density at radius 2 is 1.67 bits per heavy atom. The summed E-state index contributed by atoms with van der Waals surface area (Å²) in [5.74, 6) is -2.16. The van der Waals surface area contributed by atoms with Gasteiger partial charge in [0, 0.05) is 10.7 Å².